The van der Waals surface area contributed by atoms with Crippen LogP contribution < -0.4 is 9.47 Å². The minimum absolute atomic E-state index is 0.0492. The molecule has 76 valence electrons. The summed E-state index contributed by atoms with van der Waals surface area (Å²) in [6.07, 6.45) is 0. The van der Waals surface area contributed by atoms with Crippen LogP contribution in [0.25, 0.3) is 0 Å². The van der Waals surface area contributed by atoms with E-state index in [2.05, 4.69) is 4.74 Å². The van der Waals surface area contributed by atoms with Crippen molar-refractivity contribution in [1.29, 1.82) is 0 Å². The van der Waals surface area contributed by atoms with Gasteiger partial charge in [-0.25, -0.2) is 9.18 Å². The SMILES string of the molecule is COc1cc(OC)c(C(=O)O)cc1F. The quantitative estimate of drug-likeness (QED) is 0.804. The number of hydrogen-bond donors (Lipinski definition) is 1. The monoisotopic (exact) mass is 200 g/mol. The van der Waals surface area contributed by atoms with E-state index >= 15 is 0 Å². The number of aromatic carboxylic acids is 1. The first-order valence-electron chi connectivity index (χ1n) is 3.75. The number of rotatable bonds is 3. The fraction of sp³-hybridized carbons (Fsp3) is 0.222. The molecule has 1 aromatic rings. The topological polar surface area (TPSA) is 55.8 Å². The van der Waals surface area contributed by atoms with Gasteiger partial charge in [0.15, 0.2) is 11.6 Å². The second kappa shape index (κ2) is 3.95. The molecule has 0 spiro atoms. The Morgan fingerprint density at radius 2 is 1.86 bits per heavy atom. The van der Waals surface area contributed by atoms with Crippen LogP contribution in [0.2, 0.25) is 0 Å². The summed E-state index contributed by atoms with van der Waals surface area (Å²) in [6, 6.07) is 2.05. The van der Waals surface area contributed by atoms with Crippen LogP contribution in [0.4, 0.5) is 4.39 Å². The molecule has 14 heavy (non-hydrogen) atoms. The van der Waals surface area contributed by atoms with Gasteiger partial charge in [-0.3, -0.25) is 0 Å². The second-order valence-corrected chi connectivity index (χ2v) is 2.49. The Labute approximate surface area is 79.9 Å². The molecule has 0 unspecified atom stereocenters. The molecule has 0 heterocycles. The average Bonchev–Trinajstić information content (AvgIpc) is 2.17. The lowest BCUT2D eigenvalue weighted by Crippen LogP contribution is -2.02. The third kappa shape index (κ3) is 1.76. The predicted molar refractivity (Wildman–Crippen MR) is 46.5 cm³/mol. The lowest BCUT2D eigenvalue weighted by molar-refractivity contribution is 0.0692. The fourth-order valence-corrected chi connectivity index (χ4v) is 1.03. The molecule has 1 rings (SSSR count). The zero-order valence-electron chi connectivity index (χ0n) is 7.70. The Morgan fingerprint density at radius 1 is 1.29 bits per heavy atom. The van der Waals surface area contributed by atoms with Gasteiger partial charge in [0.25, 0.3) is 0 Å². The van der Waals surface area contributed by atoms with Crippen molar-refractivity contribution in [1.82, 2.24) is 0 Å². The molecular formula is C9H9FO4. The van der Waals surface area contributed by atoms with Crippen molar-refractivity contribution in [3.8, 4) is 11.5 Å². The molecule has 0 fully saturated rings. The fourth-order valence-electron chi connectivity index (χ4n) is 1.03. The molecule has 1 aromatic carbocycles. The van der Waals surface area contributed by atoms with Gasteiger partial charge in [0.2, 0.25) is 0 Å². The van der Waals surface area contributed by atoms with E-state index in [9.17, 15) is 9.18 Å². The Kier molecular flexibility index (Phi) is 2.91. The second-order valence-electron chi connectivity index (χ2n) is 2.49. The maximum atomic E-state index is 13.1. The lowest BCUT2D eigenvalue weighted by atomic mass is 10.2. The largest absolute Gasteiger partial charge is 0.496 e. The third-order valence-electron chi connectivity index (χ3n) is 1.70. The Bertz CT molecular complexity index is 362. The summed E-state index contributed by atoms with van der Waals surface area (Å²) in [4.78, 5) is 10.6. The number of ether oxygens (including phenoxy) is 2. The molecule has 0 aliphatic heterocycles. The van der Waals surface area contributed by atoms with Gasteiger partial charge in [0, 0.05) is 6.07 Å². The van der Waals surface area contributed by atoms with Crippen LogP contribution in [-0.4, -0.2) is 25.3 Å². The minimum Gasteiger partial charge on any atom is -0.496 e. The van der Waals surface area contributed by atoms with Gasteiger partial charge in [-0.2, -0.15) is 0 Å². The van der Waals surface area contributed by atoms with Crippen molar-refractivity contribution in [3.05, 3.63) is 23.5 Å². The number of carboxylic acids is 1. The van der Waals surface area contributed by atoms with Crippen LogP contribution in [0.15, 0.2) is 12.1 Å². The zero-order chi connectivity index (χ0) is 10.7. The average molecular weight is 200 g/mol. The molecule has 5 heteroatoms. The van der Waals surface area contributed by atoms with Crippen molar-refractivity contribution in [2.24, 2.45) is 0 Å². The molecular weight excluding hydrogens is 191 g/mol. The highest BCUT2D eigenvalue weighted by Crippen LogP contribution is 2.27. The van der Waals surface area contributed by atoms with Crippen LogP contribution in [0.3, 0.4) is 0 Å². The number of carboxylic acid groups (broad SMARTS) is 1. The molecule has 0 saturated carbocycles. The molecule has 0 atom stereocenters. The standard InChI is InChI=1S/C9H9FO4/c1-13-7-4-8(14-2)6(10)3-5(7)9(11)12/h3-4H,1-2H3,(H,11,12). The highest BCUT2D eigenvalue weighted by molar-refractivity contribution is 5.91. The first-order valence-corrected chi connectivity index (χ1v) is 3.75. The maximum absolute atomic E-state index is 13.1. The van der Waals surface area contributed by atoms with Crippen LogP contribution in [0, 0.1) is 5.82 Å². The van der Waals surface area contributed by atoms with Gasteiger partial charge in [0.1, 0.15) is 11.3 Å². The van der Waals surface area contributed by atoms with Crippen LogP contribution in [-0.2, 0) is 0 Å². The summed E-state index contributed by atoms with van der Waals surface area (Å²) in [7, 11) is 2.59. The zero-order valence-corrected chi connectivity index (χ0v) is 7.70. The molecule has 0 bridgehead atoms. The van der Waals surface area contributed by atoms with Gasteiger partial charge < -0.3 is 14.6 Å². The van der Waals surface area contributed by atoms with E-state index < -0.39 is 11.8 Å². The molecule has 0 saturated heterocycles. The molecule has 1 N–H and O–H groups in total. The predicted octanol–water partition coefficient (Wildman–Crippen LogP) is 1.54. The summed E-state index contributed by atoms with van der Waals surface area (Å²) in [5.74, 6) is -1.96. The van der Waals surface area contributed by atoms with Crippen molar-refractivity contribution >= 4 is 5.97 Å². The van der Waals surface area contributed by atoms with Crippen LogP contribution in [0.5, 0.6) is 11.5 Å². The minimum atomic E-state index is -1.25. The highest BCUT2D eigenvalue weighted by Gasteiger charge is 2.15. The van der Waals surface area contributed by atoms with Crippen molar-refractivity contribution < 1.29 is 23.8 Å². The van der Waals surface area contributed by atoms with Gasteiger partial charge in [-0.15, -0.1) is 0 Å². The number of carbonyl (C=O) groups is 1. The lowest BCUT2D eigenvalue weighted by Gasteiger charge is -2.07. The van der Waals surface area contributed by atoms with Crippen LogP contribution >= 0.6 is 0 Å². The smallest absolute Gasteiger partial charge is 0.339 e. The maximum Gasteiger partial charge on any atom is 0.339 e. The number of methoxy groups -OCH3 is 2. The number of halogens is 1. The van der Waals surface area contributed by atoms with E-state index in [-0.39, 0.29) is 17.1 Å². The Balaban J connectivity index is 3.31. The van der Waals surface area contributed by atoms with Crippen LogP contribution in [0.1, 0.15) is 10.4 Å². The third-order valence-corrected chi connectivity index (χ3v) is 1.70. The van der Waals surface area contributed by atoms with Crippen molar-refractivity contribution in [2.45, 2.75) is 0 Å². The van der Waals surface area contributed by atoms with Gasteiger partial charge in [0.05, 0.1) is 14.2 Å². The van der Waals surface area contributed by atoms with E-state index in [0.29, 0.717) is 0 Å². The Hall–Kier alpha value is -1.78. The first-order chi connectivity index (χ1) is 6.60. The Morgan fingerprint density at radius 3 is 2.29 bits per heavy atom. The van der Waals surface area contributed by atoms with Crippen molar-refractivity contribution in [2.75, 3.05) is 14.2 Å². The van der Waals surface area contributed by atoms with E-state index in [4.69, 9.17) is 9.84 Å². The van der Waals surface area contributed by atoms with E-state index in [1.807, 2.05) is 0 Å². The summed E-state index contributed by atoms with van der Waals surface area (Å²) < 4.78 is 22.5. The van der Waals surface area contributed by atoms with E-state index in [0.717, 1.165) is 6.07 Å². The molecule has 0 aliphatic rings. The summed E-state index contributed by atoms with van der Waals surface area (Å²) in [6.45, 7) is 0. The summed E-state index contributed by atoms with van der Waals surface area (Å²) in [5, 5.41) is 8.70. The molecule has 0 aromatic heterocycles. The molecule has 0 amide bonds. The van der Waals surface area contributed by atoms with E-state index in [1.165, 1.54) is 20.3 Å². The molecule has 4 nitrogen and oxygen atoms in total. The molecule has 0 aliphatic carbocycles. The number of hydrogen-bond acceptors (Lipinski definition) is 3. The van der Waals surface area contributed by atoms with Gasteiger partial charge >= 0.3 is 5.97 Å². The highest BCUT2D eigenvalue weighted by atomic mass is 19.1. The summed E-state index contributed by atoms with van der Waals surface area (Å²) in [5.41, 5.74) is -0.231. The van der Waals surface area contributed by atoms with Gasteiger partial charge in [-0.1, -0.05) is 0 Å². The molecule has 0 radical (unpaired) electrons. The van der Waals surface area contributed by atoms with Gasteiger partial charge in [-0.05, 0) is 6.07 Å². The first kappa shape index (κ1) is 10.3. The normalized spacial score (nSPS) is 9.64. The van der Waals surface area contributed by atoms with Crippen molar-refractivity contribution in [3.63, 3.8) is 0 Å². The number of benzene rings is 1. The van der Waals surface area contributed by atoms with E-state index in [1.54, 1.807) is 0 Å². The summed E-state index contributed by atoms with van der Waals surface area (Å²) >= 11 is 0.